The highest BCUT2D eigenvalue weighted by molar-refractivity contribution is 8.19. The zero-order chi connectivity index (χ0) is 9.84. The van der Waals surface area contributed by atoms with E-state index in [4.69, 9.17) is 0 Å². The van der Waals surface area contributed by atoms with Crippen LogP contribution in [0.2, 0.25) is 0 Å². The molecule has 1 rings (SSSR count). The van der Waals surface area contributed by atoms with Gasteiger partial charge in [-0.3, -0.25) is 9.59 Å². The molecule has 0 spiro atoms. The summed E-state index contributed by atoms with van der Waals surface area (Å²) in [4.78, 5) is 21.6. The quantitative estimate of drug-likeness (QED) is 0.705. The van der Waals surface area contributed by atoms with Crippen LogP contribution in [0.1, 0.15) is 13.8 Å². The Bertz CT molecular complexity index is 201. The third kappa shape index (κ3) is 3.48. The standard InChI is InChI=1S/C7H12N2O2S2/c1-4(10)8-6-7(9-5(2)11)13-3-12-6/h6-7H,3H2,1-2H3,(H,8,10)(H,9,11). The molecule has 74 valence electrons. The molecule has 0 aromatic rings. The number of nitrogens with one attached hydrogen (secondary N) is 2. The van der Waals surface area contributed by atoms with Gasteiger partial charge >= 0.3 is 0 Å². The molecule has 1 aliphatic heterocycles. The number of carbonyl (C=O) groups is 2. The first-order chi connectivity index (χ1) is 6.09. The highest BCUT2D eigenvalue weighted by atomic mass is 32.2. The zero-order valence-corrected chi connectivity index (χ0v) is 9.13. The minimum Gasteiger partial charge on any atom is -0.342 e. The SMILES string of the molecule is CC(=O)NC1SCSC1NC(C)=O. The van der Waals surface area contributed by atoms with E-state index in [1.54, 1.807) is 23.5 Å². The molecule has 0 radical (unpaired) electrons. The second-order valence-corrected chi connectivity index (χ2v) is 5.32. The second-order valence-electron chi connectivity index (χ2n) is 2.69. The van der Waals surface area contributed by atoms with E-state index in [1.807, 2.05) is 0 Å². The molecule has 0 aromatic heterocycles. The van der Waals surface area contributed by atoms with Gasteiger partial charge in [0, 0.05) is 18.9 Å². The number of thioether (sulfide) groups is 2. The molecule has 1 saturated heterocycles. The number of hydrogen-bond acceptors (Lipinski definition) is 4. The summed E-state index contributed by atoms with van der Waals surface area (Å²) in [5.41, 5.74) is 0. The van der Waals surface area contributed by atoms with E-state index in [-0.39, 0.29) is 22.6 Å². The van der Waals surface area contributed by atoms with E-state index < -0.39 is 0 Å². The van der Waals surface area contributed by atoms with Gasteiger partial charge in [-0.1, -0.05) is 0 Å². The van der Waals surface area contributed by atoms with Crippen LogP contribution in [0.15, 0.2) is 0 Å². The van der Waals surface area contributed by atoms with Crippen molar-refractivity contribution in [3.8, 4) is 0 Å². The summed E-state index contributed by atoms with van der Waals surface area (Å²) in [6.07, 6.45) is 0. The van der Waals surface area contributed by atoms with Crippen molar-refractivity contribution >= 4 is 35.3 Å². The van der Waals surface area contributed by atoms with Gasteiger partial charge in [-0.05, 0) is 0 Å². The molecule has 0 saturated carbocycles. The minimum absolute atomic E-state index is 0.00593. The Kier molecular flexibility index (Phi) is 3.92. The number of rotatable bonds is 2. The average Bonchev–Trinajstić information content (AvgIpc) is 2.34. The van der Waals surface area contributed by atoms with Crippen molar-refractivity contribution in [2.24, 2.45) is 0 Å². The molecule has 0 aromatic carbocycles. The molecule has 1 fully saturated rings. The molecule has 1 heterocycles. The molecule has 2 unspecified atom stereocenters. The van der Waals surface area contributed by atoms with Gasteiger partial charge < -0.3 is 10.6 Å². The molecule has 1 aliphatic rings. The molecular weight excluding hydrogens is 208 g/mol. The highest BCUT2D eigenvalue weighted by Crippen LogP contribution is 2.33. The molecular formula is C7H12N2O2S2. The third-order valence-corrected chi connectivity index (χ3v) is 4.22. The number of carbonyl (C=O) groups excluding carboxylic acids is 2. The van der Waals surface area contributed by atoms with Crippen molar-refractivity contribution in [1.29, 1.82) is 0 Å². The topological polar surface area (TPSA) is 58.2 Å². The predicted molar refractivity (Wildman–Crippen MR) is 55.3 cm³/mol. The van der Waals surface area contributed by atoms with Gasteiger partial charge in [-0.2, -0.15) is 0 Å². The zero-order valence-electron chi connectivity index (χ0n) is 7.49. The monoisotopic (exact) mass is 220 g/mol. The molecule has 0 bridgehead atoms. The Hall–Kier alpha value is -0.360. The summed E-state index contributed by atoms with van der Waals surface area (Å²) in [7, 11) is 0. The van der Waals surface area contributed by atoms with Crippen molar-refractivity contribution in [3.63, 3.8) is 0 Å². The summed E-state index contributed by atoms with van der Waals surface area (Å²) in [5, 5.41) is 6.48. The van der Waals surface area contributed by atoms with E-state index in [9.17, 15) is 9.59 Å². The van der Waals surface area contributed by atoms with Crippen molar-refractivity contribution < 1.29 is 9.59 Å². The van der Waals surface area contributed by atoms with Crippen LogP contribution in [-0.4, -0.2) is 27.6 Å². The first-order valence-corrected chi connectivity index (χ1v) is 5.97. The first kappa shape index (κ1) is 10.7. The molecule has 6 heteroatoms. The minimum atomic E-state index is -0.0599. The molecule has 13 heavy (non-hydrogen) atoms. The maximum atomic E-state index is 10.8. The lowest BCUT2D eigenvalue weighted by atomic mass is 10.5. The lowest BCUT2D eigenvalue weighted by Crippen LogP contribution is -2.44. The van der Waals surface area contributed by atoms with Crippen LogP contribution < -0.4 is 10.6 Å². The Labute approximate surface area is 85.6 Å². The largest absolute Gasteiger partial charge is 0.342 e. The predicted octanol–water partition coefficient (Wildman–Crippen LogP) is 0.348. The summed E-state index contributed by atoms with van der Waals surface area (Å²) in [5.74, 6) is -0.120. The van der Waals surface area contributed by atoms with Gasteiger partial charge in [-0.25, -0.2) is 0 Å². The third-order valence-electron chi connectivity index (χ3n) is 1.46. The smallest absolute Gasteiger partial charge is 0.217 e. The van der Waals surface area contributed by atoms with Crippen LogP contribution in [0.4, 0.5) is 0 Å². The molecule has 2 atom stereocenters. The molecule has 2 amide bonds. The number of hydrogen-bond donors (Lipinski definition) is 2. The van der Waals surface area contributed by atoms with E-state index in [0.29, 0.717) is 0 Å². The van der Waals surface area contributed by atoms with Crippen LogP contribution >= 0.6 is 23.5 Å². The van der Waals surface area contributed by atoms with Gasteiger partial charge in [0.25, 0.3) is 0 Å². The van der Waals surface area contributed by atoms with Gasteiger partial charge in [0.2, 0.25) is 11.8 Å². The van der Waals surface area contributed by atoms with Crippen LogP contribution in [-0.2, 0) is 9.59 Å². The summed E-state index contributed by atoms with van der Waals surface area (Å²) < 4.78 is 0. The summed E-state index contributed by atoms with van der Waals surface area (Å²) in [6.45, 7) is 2.96. The lowest BCUT2D eigenvalue weighted by molar-refractivity contribution is -0.121. The van der Waals surface area contributed by atoms with Gasteiger partial charge in [0.15, 0.2) is 0 Å². The molecule has 0 aliphatic carbocycles. The van der Waals surface area contributed by atoms with Crippen molar-refractivity contribution in [3.05, 3.63) is 0 Å². The van der Waals surface area contributed by atoms with Crippen molar-refractivity contribution in [2.45, 2.75) is 24.6 Å². The van der Waals surface area contributed by atoms with Gasteiger partial charge in [0.05, 0.1) is 0 Å². The fraction of sp³-hybridized carbons (Fsp3) is 0.714. The molecule has 4 nitrogen and oxygen atoms in total. The van der Waals surface area contributed by atoms with E-state index in [2.05, 4.69) is 10.6 Å². The van der Waals surface area contributed by atoms with E-state index >= 15 is 0 Å². The van der Waals surface area contributed by atoms with Gasteiger partial charge in [0.1, 0.15) is 10.7 Å². The Balaban J connectivity index is 2.43. The van der Waals surface area contributed by atoms with Crippen LogP contribution in [0.3, 0.4) is 0 Å². The number of amides is 2. The Morgan fingerprint density at radius 2 is 1.46 bits per heavy atom. The van der Waals surface area contributed by atoms with Crippen LogP contribution in [0.25, 0.3) is 0 Å². The highest BCUT2D eigenvalue weighted by Gasteiger charge is 2.29. The summed E-state index contributed by atoms with van der Waals surface area (Å²) in [6, 6.07) is 0. The van der Waals surface area contributed by atoms with Crippen LogP contribution in [0.5, 0.6) is 0 Å². The van der Waals surface area contributed by atoms with Crippen molar-refractivity contribution in [1.82, 2.24) is 10.6 Å². The lowest BCUT2D eigenvalue weighted by Gasteiger charge is -2.18. The van der Waals surface area contributed by atoms with Crippen molar-refractivity contribution in [2.75, 3.05) is 5.08 Å². The normalized spacial score (nSPS) is 26.9. The van der Waals surface area contributed by atoms with Crippen LogP contribution in [0, 0.1) is 0 Å². The Morgan fingerprint density at radius 1 is 1.08 bits per heavy atom. The van der Waals surface area contributed by atoms with E-state index in [1.165, 1.54) is 13.8 Å². The second kappa shape index (κ2) is 4.76. The Morgan fingerprint density at radius 3 is 1.77 bits per heavy atom. The fourth-order valence-corrected chi connectivity index (χ4v) is 3.94. The molecule has 2 N–H and O–H groups in total. The van der Waals surface area contributed by atoms with E-state index in [0.717, 1.165) is 5.08 Å². The summed E-state index contributed by atoms with van der Waals surface area (Å²) >= 11 is 3.27. The fourth-order valence-electron chi connectivity index (χ4n) is 0.996. The maximum absolute atomic E-state index is 10.8. The van der Waals surface area contributed by atoms with Gasteiger partial charge in [-0.15, -0.1) is 23.5 Å². The average molecular weight is 220 g/mol. The maximum Gasteiger partial charge on any atom is 0.217 e. The first-order valence-electron chi connectivity index (χ1n) is 3.87.